The lowest BCUT2D eigenvalue weighted by Crippen LogP contribution is -2.27. The number of anilines is 2. The maximum atomic E-state index is 11.7. The highest BCUT2D eigenvalue weighted by Crippen LogP contribution is 2.24. The number of carbonyl (C=O) groups is 1. The van der Waals surface area contributed by atoms with Gasteiger partial charge in [-0.3, -0.25) is 9.35 Å². The first-order chi connectivity index (χ1) is 8.01. The van der Waals surface area contributed by atoms with Crippen LogP contribution < -0.4 is 11.1 Å². The van der Waals surface area contributed by atoms with Crippen molar-refractivity contribution in [2.45, 2.75) is 25.7 Å². The molecule has 0 aliphatic rings. The number of nitrogen functional groups attached to an aromatic ring is 1. The Bertz CT molecular complexity index is 573. The zero-order valence-electron chi connectivity index (χ0n) is 10.4. The minimum absolute atomic E-state index is 0.0775. The Morgan fingerprint density at radius 1 is 1.33 bits per heavy atom. The zero-order chi connectivity index (χ0) is 14.1. The highest BCUT2D eigenvalue weighted by Gasteiger charge is 2.22. The molecule has 0 unspecified atom stereocenters. The van der Waals surface area contributed by atoms with Crippen LogP contribution in [0.5, 0.6) is 0 Å². The lowest BCUT2D eigenvalue weighted by Gasteiger charge is -2.18. The van der Waals surface area contributed by atoms with E-state index < -0.39 is 20.4 Å². The third-order valence-electron chi connectivity index (χ3n) is 2.23. The summed E-state index contributed by atoms with van der Waals surface area (Å²) in [6.45, 7) is 5.18. The topological polar surface area (TPSA) is 109 Å². The molecule has 18 heavy (non-hydrogen) atoms. The van der Waals surface area contributed by atoms with Gasteiger partial charge in [0.25, 0.3) is 10.1 Å². The van der Waals surface area contributed by atoms with Crippen LogP contribution in [0.15, 0.2) is 23.1 Å². The summed E-state index contributed by atoms with van der Waals surface area (Å²) in [5.74, 6) is -0.270. The number of amides is 1. The maximum absolute atomic E-state index is 11.7. The van der Waals surface area contributed by atoms with Gasteiger partial charge in [0.05, 0.1) is 5.69 Å². The van der Waals surface area contributed by atoms with Gasteiger partial charge in [0, 0.05) is 11.1 Å². The summed E-state index contributed by atoms with van der Waals surface area (Å²) < 4.78 is 31.1. The molecular weight excluding hydrogens is 256 g/mol. The van der Waals surface area contributed by atoms with Crippen LogP contribution in [-0.2, 0) is 14.9 Å². The van der Waals surface area contributed by atoms with E-state index in [4.69, 9.17) is 10.3 Å². The van der Waals surface area contributed by atoms with Crippen molar-refractivity contribution in [3.8, 4) is 0 Å². The summed E-state index contributed by atoms with van der Waals surface area (Å²) in [5.41, 5.74) is 5.01. The fourth-order valence-corrected chi connectivity index (χ4v) is 1.80. The van der Waals surface area contributed by atoms with E-state index >= 15 is 0 Å². The SMILES string of the molecule is CC(C)(C)C(=O)Nc1ccc(N)c(S(=O)(=O)O)c1. The van der Waals surface area contributed by atoms with Gasteiger partial charge in [-0.15, -0.1) is 0 Å². The molecule has 1 aromatic rings. The lowest BCUT2D eigenvalue weighted by atomic mass is 9.95. The van der Waals surface area contributed by atoms with Crippen molar-refractivity contribution < 1.29 is 17.8 Å². The molecule has 4 N–H and O–H groups in total. The van der Waals surface area contributed by atoms with Crippen molar-refractivity contribution in [2.24, 2.45) is 5.41 Å². The summed E-state index contributed by atoms with van der Waals surface area (Å²) in [6.07, 6.45) is 0. The maximum Gasteiger partial charge on any atom is 0.296 e. The van der Waals surface area contributed by atoms with Gasteiger partial charge in [-0.2, -0.15) is 8.42 Å². The van der Waals surface area contributed by atoms with Crippen LogP contribution >= 0.6 is 0 Å². The minimum atomic E-state index is -4.40. The Balaban J connectivity index is 3.12. The van der Waals surface area contributed by atoms with Crippen molar-refractivity contribution in [1.29, 1.82) is 0 Å². The summed E-state index contributed by atoms with van der Waals surface area (Å²) in [6, 6.07) is 3.89. The van der Waals surface area contributed by atoms with Crippen LogP contribution in [0.25, 0.3) is 0 Å². The first kappa shape index (κ1) is 14.5. The van der Waals surface area contributed by atoms with Crippen molar-refractivity contribution in [3.63, 3.8) is 0 Å². The Hall–Kier alpha value is -1.60. The van der Waals surface area contributed by atoms with Gasteiger partial charge in [-0.05, 0) is 18.2 Å². The van der Waals surface area contributed by atoms with Gasteiger partial charge in [-0.1, -0.05) is 20.8 Å². The van der Waals surface area contributed by atoms with E-state index in [-0.39, 0.29) is 17.3 Å². The number of nitrogens with one attached hydrogen (secondary N) is 1. The van der Waals surface area contributed by atoms with Gasteiger partial charge in [-0.25, -0.2) is 0 Å². The van der Waals surface area contributed by atoms with Crippen molar-refractivity contribution in [2.75, 3.05) is 11.1 Å². The zero-order valence-corrected chi connectivity index (χ0v) is 11.2. The van der Waals surface area contributed by atoms with Crippen LogP contribution in [0.1, 0.15) is 20.8 Å². The molecule has 1 aromatic carbocycles. The van der Waals surface area contributed by atoms with E-state index in [1.54, 1.807) is 20.8 Å². The lowest BCUT2D eigenvalue weighted by molar-refractivity contribution is -0.123. The normalized spacial score (nSPS) is 12.2. The minimum Gasteiger partial charge on any atom is -0.398 e. The average Bonchev–Trinajstić information content (AvgIpc) is 2.17. The van der Waals surface area contributed by atoms with E-state index in [2.05, 4.69) is 5.32 Å². The number of hydrogen-bond donors (Lipinski definition) is 3. The first-order valence-electron chi connectivity index (χ1n) is 5.20. The summed E-state index contributed by atoms with van der Waals surface area (Å²) in [4.78, 5) is 11.3. The molecule has 0 spiro atoms. The molecule has 100 valence electrons. The molecule has 0 bridgehead atoms. The summed E-state index contributed by atoms with van der Waals surface area (Å²) >= 11 is 0. The number of hydrogen-bond acceptors (Lipinski definition) is 4. The fourth-order valence-electron chi connectivity index (χ4n) is 1.15. The first-order valence-corrected chi connectivity index (χ1v) is 6.64. The van der Waals surface area contributed by atoms with E-state index in [1.807, 2.05) is 0 Å². The van der Waals surface area contributed by atoms with E-state index in [1.165, 1.54) is 12.1 Å². The summed E-state index contributed by atoms with van der Waals surface area (Å²) in [7, 11) is -4.40. The number of rotatable bonds is 2. The molecule has 0 atom stereocenters. The third-order valence-corrected chi connectivity index (χ3v) is 3.14. The highest BCUT2D eigenvalue weighted by atomic mass is 32.2. The van der Waals surface area contributed by atoms with Gasteiger partial charge in [0.1, 0.15) is 4.90 Å². The smallest absolute Gasteiger partial charge is 0.296 e. The molecule has 0 aromatic heterocycles. The van der Waals surface area contributed by atoms with Crippen LogP contribution in [-0.4, -0.2) is 18.9 Å². The van der Waals surface area contributed by atoms with Crippen molar-refractivity contribution >= 4 is 27.4 Å². The van der Waals surface area contributed by atoms with Crippen LogP contribution in [0.2, 0.25) is 0 Å². The van der Waals surface area contributed by atoms with Gasteiger partial charge in [0.2, 0.25) is 5.91 Å². The van der Waals surface area contributed by atoms with E-state index in [9.17, 15) is 13.2 Å². The van der Waals surface area contributed by atoms with Gasteiger partial charge >= 0.3 is 0 Å². The molecule has 0 radical (unpaired) electrons. The Morgan fingerprint density at radius 3 is 2.33 bits per heavy atom. The average molecular weight is 272 g/mol. The molecule has 0 saturated carbocycles. The van der Waals surface area contributed by atoms with E-state index in [0.29, 0.717) is 0 Å². The number of nitrogens with two attached hydrogens (primary N) is 1. The Labute approximate surface area is 106 Å². The van der Waals surface area contributed by atoms with Gasteiger partial charge < -0.3 is 11.1 Å². The standard InChI is InChI=1S/C11H16N2O4S/c1-11(2,3)10(14)13-7-4-5-8(12)9(6-7)18(15,16)17/h4-6H,12H2,1-3H3,(H,13,14)(H,15,16,17). The molecule has 0 aliphatic carbocycles. The molecule has 6 nitrogen and oxygen atoms in total. The second kappa shape index (κ2) is 4.58. The highest BCUT2D eigenvalue weighted by molar-refractivity contribution is 7.86. The fraction of sp³-hybridized carbons (Fsp3) is 0.364. The quantitative estimate of drug-likeness (QED) is 0.558. The van der Waals surface area contributed by atoms with Crippen LogP contribution in [0.3, 0.4) is 0 Å². The van der Waals surface area contributed by atoms with Crippen LogP contribution in [0, 0.1) is 5.41 Å². The summed E-state index contributed by atoms with van der Waals surface area (Å²) in [5, 5.41) is 2.55. The largest absolute Gasteiger partial charge is 0.398 e. The third kappa shape index (κ3) is 3.44. The van der Waals surface area contributed by atoms with E-state index in [0.717, 1.165) is 6.07 Å². The number of carbonyl (C=O) groups excluding carboxylic acids is 1. The molecule has 0 saturated heterocycles. The monoisotopic (exact) mass is 272 g/mol. The Morgan fingerprint density at radius 2 is 1.89 bits per heavy atom. The van der Waals surface area contributed by atoms with Crippen molar-refractivity contribution in [1.82, 2.24) is 0 Å². The van der Waals surface area contributed by atoms with Crippen molar-refractivity contribution in [3.05, 3.63) is 18.2 Å². The molecule has 7 heteroatoms. The molecular formula is C11H16N2O4S. The predicted octanol–water partition coefficient (Wildman–Crippen LogP) is 1.50. The Kier molecular flexibility index (Phi) is 3.68. The molecule has 0 heterocycles. The van der Waals surface area contributed by atoms with Crippen LogP contribution in [0.4, 0.5) is 11.4 Å². The molecule has 0 aliphatic heterocycles. The predicted molar refractivity (Wildman–Crippen MR) is 68.8 cm³/mol. The second-order valence-corrected chi connectivity index (χ2v) is 6.32. The second-order valence-electron chi connectivity index (χ2n) is 4.93. The molecule has 1 amide bonds. The molecule has 1 rings (SSSR count). The molecule has 0 fully saturated rings. The number of benzene rings is 1. The van der Waals surface area contributed by atoms with Gasteiger partial charge in [0.15, 0.2) is 0 Å².